The Bertz CT molecular complexity index is 433. The molecule has 0 radical (unpaired) electrons. The van der Waals surface area contributed by atoms with Crippen LogP contribution in [0.25, 0.3) is 0 Å². The molecule has 0 spiro atoms. The normalized spacial score (nSPS) is 19.5. The molecule has 0 bridgehead atoms. The minimum atomic E-state index is -0.523. The topological polar surface area (TPSA) is 49.3 Å². The molecule has 0 aliphatic carbocycles. The largest absolute Gasteiger partial charge is 0.507 e. The van der Waals surface area contributed by atoms with Gasteiger partial charge in [0.15, 0.2) is 0 Å². The van der Waals surface area contributed by atoms with Crippen LogP contribution in [-0.4, -0.2) is 28.6 Å². The summed E-state index contributed by atoms with van der Waals surface area (Å²) < 4.78 is 13.0. The maximum Gasteiger partial charge on any atom is 0.255 e. The number of carbonyl (C=O) groups excluding carboxylic acids is 1. The summed E-state index contributed by atoms with van der Waals surface area (Å²) in [5.74, 6) is -0.000440. The zero-order chi connectivity index (χ0) is 13.0. The van der Waals surface area contributed by atoms with Crippen molar-refractivity contribution in [1.82, 2.24) is 5.32 Å². The first-order valence-electron chi connectivity index (χ1n) is 6.05. The SMILES string of the molecule is O=C(NCC1CCCCS1)c1cc(F)ccc1O. The highest BCUT2D eigenvalue weighted by Gasteiger charge is 2.17. The van der Waals surface area contributed by atoms with E-state index in [1.165, 1.54) is 18.9 Å². The van der Waals surface area contributed by atoms with Crippen LogP contribution in [0.5, 0.6) is 5.75 Å². The Kier molecular flexibility index (Phi) is 4.47. The van der Waals surface area contributed by atoms with E-state index in [4.69, 9.17) is 0 Å². The summed E-state index contributed by atoms with van der Waals surface area (Å²) in [5, 5.41) is 12.7. The molecule has 2 rings (SSSR count). The lowest BCUT2D eigenvalue weighted by atomic mass is 10.1. The van der Waals surface area contributed by atoms with Crippen molar-refractivity contribution in [2.45, 2.75) is 24.5 Å². The molecule has 1 fully saturated rings. The zero-order valence-corrected chi connectivity index (χ0v) is 10.8. The second kappa shape index (κ2) is 6.09. The van der Waals surface area contributed by atoms with Crippen LogP contribution >= 0.6 is 11.8 Å². The van der Waals surface area contributed by atoms with E-state index >= 15 is 0 Å². The Hall–Kier alpha value is -1.23. The molecule has 1 heterocycles. The quantitative estimate of drug-likeness (QED) is 0.886. The van der Waals surface area contributed by atoms with Crippen LogP contribution < -0.4 is 5.32 Å². The maximum atomic E-state index is 13.0. The average Bonchev–Trinajstić information content (AvgIpc) is 2.40. The van der Waals surface area contributed by atoms with Crippen LogP contribution in [0.1, 0.15) is 29.6 Å². The van der Waals surface area contributed by atoms with E-state index in [9.17, 15) is 14.3 Å². The van der Waals surface area contributed by atoms with Crippen molar-refractivity contribution in [3.63, 3.8) is 0 Å². The fourth-order valence-electron chi connectivity index (χ4n) is 1.96. The van der Waals surface area contributed by atoms with Crippen molar-refractivity contribution >= 4 is 17.7 Å². The monoisotopic (exact) mass is 269 g/mol. The van der Waals surface area contributed by atoms with Gasteiger partial charge in [0.2, 0.25) is 0 Å². The number of thioether (sulfide) groups is 1. The number of carbonyl (C=O) groups is 1. The molecule has 1 atom stereocenters. The number of amides is 1. The van der Waals surface area contributed by atoms with Gasteiger partial charge in [-0.25, -0.2) is 4.39 Å². The van der Waals surface area contributed by atoms with Crippen LogP contribution in [0.3, 0.4) is 0 Å². The third-order valence-corrected chi connectivity index (χ3v) is 4.37. The van der Waals surface area contributed by atoms with Crippen molar-refractivity contribution in [2.24, 2.45) is 0 Å². The number of hydrogen-bond donors (Lipinski definition) is 2. The Morgan fingerprint density at radius 1 is 1.50 bits per heavy atom. The van der Waals surface area contributed by atoms with Crippen molar-refractivity contribution in [3.05, 3.63) is 29.6 Å². The molecule has 0 aromatic heterocycles. The minimum Gasteiger partial charge on any atom is -0.507 e. The second-order valence-corrected chi connectivity index (χ2v) is 5.77. The van der Waals surface area contributed by atoms with Crippen LogP contribution in [0.4, 0.5) is 4.39 Å². The van der Waals surface area contributed by atoms with Gasteiger partial charge >= 0.3 is 0 Å². The fourth-order valence-corrected chi connectivity index (χ4v) is 3.20. The smallest absolute Gasteiger partial charge is 0.255 e. The predicted octanol–water partition coefficient (Wildman–Crippen LogP) is 2.55. The highest BCUT2D eigenvalue weighted by molar-refractivity contribution is 7.99. The van der Waals surface area contributed by atoms with Gasteiger partial charge < -0.3 is 10.4 Å². The van der Waals surface area contributed by atoms with E-state index in [1.807, 2.05) is 11.8 Å². The van der Waals surface area contributed by atoms with E-state index in [0.717, 1.165) is 24.3 Å². The molecule has 2 N–H and O–H groups in total. The molecule has 98 valence electrons. The number of aromatic hydroxyl groups is 1. The van der Waals surface area contributed by atoms with Gasteiger partial charge in [0.25, 0.3) is 5.91 Å². The third kappa shape index (κ3) is 3.38. The Balaban J connectivity index is 1.92. The highest BCUT2D eigenvalue weighted by atomic mass is 32.2. The Morgan fingerprint density at radius 2 is 2.33 bits per heavy atom. The third-order valence-electron chi connectivity index (χ3n) is 2.97. The van der Waals surface area contributed by atoms with Gasteiger partial charge in [-0.05, 0) is 36.8 Å². The molecule has 1 aliphatic rings. The number of halogens is 1. The van der Waals surface area contributed by atoms with Crippen molar-refractivity contribution in [1.29, 1.82) is 0 Å². The van der Waals surface area contributed by atoms with E-state index in [1.54, 1.807) is 0 Å². The first kappa shape index (κ1) is 13.2. The molecule has 1 amide bonds. The summed E-state index contributed by atoms with van der Waals surface area (Å²) in [4.78, 5) is 11.8. The second-order valence-electron chi connectivity index (χ2n) is 4.36. The van der Waals surface area contributed by atoms with Gasteiger partial charge in [0, 0.05) is 11.8 Å². The summed E-state index contributed by atoms with van der Waals surface area (Å²) in [6.07, 6.45) is 3.53. The molecule has 1 aliphatic heterocycles. The van der Waals surface area contributed by atoms with Crippen LogP contribution in [-0.2, 0) is 0 Å². The van der Waals surface area contributed by atoms with Gasteiger partial charge in [0.1, 0.15) is 11.6 Å². The van der Waals surface area contributed by atoms with Crippen LogP contribution in [0.2, 0.25) is 0 Å². The van der Waals surface area contributed by atoms with Gasteiger partial charge in [-0.2, -0.15) is 11.8 Å². The number of phenols is 1. The molecule has 3 nitrogen and oxygen atoms in total. The van der Waals surface area contributed by atoms with Crippen molar-refractivity contribution in [3.8, 4) is 5.75 Å². The lowest BCUT2D eigenvalue weighted by Gasteiger charge is -2.21. The van der Waals surface area contributed by atoms with Gasteiger partial charge in [0.05, 0.1) is 5.56 Å². The van der Waals surface area contributed by atoms with Gasteiger partial charge in [-0.1, -0.05) is 6.42 Å². The van der Waals surface area contributed by atoms with Crippen LogP contribution in [0, 0.1) is 5.82 Å². The summed E-state index contributed by atoms with van der Waals surface area (Å²) in [6.45, 7) is 0.569. The van der Waals surface area contributed by atoms with Crippen LogP contribution in [0.15, 0.2) is 18.2 Å². The molecular weight excluding hydrogens is 253 g/mol. The lowest BCUT2D eigenvalue weighted by molar-refractivity contribution is 0.0950. The fraction of sp³-hybridized carbons (Fsp3) is 0.462. The van der Waals surface area contributed by atoms with E-state index in [-0.39, 0.29) is 11.3 Å². The number of nitrogens with one attached hydrogen (secondary N) is 1. The molecule has 1 unspecified atom stereocenters. The van der Waals surface area contributed by atoms with Gasteiger partial charge in [-0.15, -0.1) is 0 Å². The molecule has 18 heavy (non-hydrogen) atoms. The lowest BCUT2D eigenvalue weighted by Crippen LogP contribution is -2.32. The highest BCUT2D eigenvalue weighted by Crippen LogP contribution is 2.24. The Morgan fingerprint density at radius 3 is 3.06 bits per heavy atom. The van der Waals surface area contributed by atoms with E-state index < -0.39 is 11.7 Å². The minimum absolute atomic E-state index is 0.00388. The molecule has 1 saturated heterocycles. The first-order chi connectivity index (χ1) is 8.66. The summed E-state index contributed by atoms with van der Waals surface area (Å²) in [7, 11) is 0. The molecule has 1 aromatic rings. The zero-order valence-electron chi connectivity index (χ0n) is 9.99. The number of benzene rings is 1. The molecule has 5 heteroatoms. The van der Waals surface area contributed by atoms with E-state index in [0.29, 0.717) is 11.8 Å². The van der Waals surface area contributed by atoms with E-state index in [2.05, 4.69) is 5.32 Å². The molecule has 0 saturated carbocycles. The predicted molar refractivity (Wildman–Crippen MR) is 70.5 cm³/mol. The summed E-state index contributed by atoms with van der Waals surface area (Å²) in [6, 6.07) is 3.38. The molecule has 1 aromatic carbocycles. The molecular formula is C13H16FNO2S. The number of hydrogen-bond acceptors (Lipinski definition) is 3. The first-order valence-corrected chi connectivity index (χ1v) is 7.10. The van der Waals surface area contributed by atoms with Gasteiger partial charge in [-0.3, -0.25) is 4.79 Å². The van der Waals surface area contributed by atoms with Crippen molar-refractivity contribution in [2.75, 3.05) is 12.3 Å². The standard InChI is InChI=1S/C13H16FNO2S/c14-9-4-5-12(16)11(7-9)13(17)15-8-10-3-1-2-6-18-10/h4-5,7,10,16H,1-3,6,8H2,(H,15,17). The number of phenolic OH excluding ortho intramolecular Hbond substituents is 1. The summed E-state index contributed by atoms with van der Waals surface area (Å²) >= 11 is 1.86. The maximum absolute atomic E-state index is 13.0. The average molecular weight is 269 g/mol. The number of rotatable bonds is 3. The summed E-state index contributed by atoms with van der Waals surface area (Å²) in [5.41, 5.74) is -0.00388. The van der Waals surface area contributed by atoms with Crippen molar-refractivity contribution < 1.29 is 14.3 Å². The Labute approximate surface area is 110 Å².